The van der Waals surface area contributed by atoms with E-state index in [0.717, 1.165) is 32.7 Å². The van der Waals surface area contributed by atoms with Gasteiger partial charge in [0, 0.05) is 17.8 Å². The van der Waals surface area contributed by atoms with Crippen LogP contribution in [0, 0.1) is 0 Å². The molecule has 5 heteroatoms. The van der Waals surface area contributed by atoms with Gasteiger partial charge in [0.25, 0.3) is 0 Å². The van der Waals surface area contributed by atoms with E-state index in [1.807, 2.05) is 53.6 Å². The van der Waals surface area contributed by atoms with Crippen molar-refractivity contribution in [1.82, 2.24) is 9.17 Å². The minimum absolute atomic E-state index is 0.852. The Morgan fingerprint density at radius 3 is 2.43 bits per heavy atom. The molecule has 0 fully saturated rings. The molecule has 0 radical (unpaired) electrons. The molecule has 1 heterocycles. The second-order valence-electron chi connectivity index (χ2n) is 4.76. The first kappa shape index (κ1) is 12.2. The lowest BCUT2D eigenvalue weighted by Gasteiger charge is -1.93. The fourth-order valence-corrected chi connectivity index (χ4v) is 3.29. The van der Waals surface area contributed by atoms with Gasteiger partial charge in [0.15, 0.2) is 0 Å². The molecule has 2 aliphatic rings. The third-order valence-corrected chi connectivity index (χ3v) is 4.27. The van der Waals surface area contributed by atoms with Crippen LogP contribution in [0.3, 0.4) is 0 Å². The average Bonchev–Trinajstić information content (AvgIpc) is 3.02. The lowest BCUT2D eigenvalue weighted by molar-refractivity contribution is 0.849. The molecular formula is C16H12N4S. The summed E-state index contributed by atoms with van der Waals surface area (Å²) >= 11 is 1.59. The highest BCUT2D eigenvalue weighted by Gasteiger charge is 2.21. The zero-order valence-corrected chi connectivity index (χ0v) is 12.2. The van der Waals surface area contributed by atoms with Crippen LogP contribution in [0.15, 0.2) is 64.8 Å². The predicted octanol–water partition coefficient (Wildman–Crippen LogP) is 5.16. The summed E-state index contributed by atoms with van der Waals surface area (Å²) in [6.45, 7) is 0. The normalized spacial score (nSPS) is 11.9. The van der Waals surface area contributed by atoms with Crippen molar-refractivity contribution < 1.29 is 0 Å². The van der Waals surface area contributed by atoms with E-state index in [2.05, 4.69) is 27.5 Å². The maximum atomic E-state index is 4.55. The van der Waals surface area contributed by atoms with E-state index in [-0.39, 0.29) is 0 Å². The van der Waals surface area contributed by atoms with E-state index in [9.17, 15) is 0 Å². The van der Waals surface area contributed by atoms with E-state index in [1.54, 1.807) is 11.5 Å². The molecule has 0 unspecified atom stereocenters. The maximum absolute atomic E-state index is 4.55. The molecule has 0 saturated carbocycles. The quantitative estimate of drug-likeness (QED) is 0.471. The third-order valence-electron chi connectivity index (χ3n) is 3.35. The van der Waals surface area contributed by atoms with E-state index < -0.39 is 0 Å². The molecule has 2 aromatic carbocycles. The Labute approximate surface area is 125 Å². The van der Waals surface area contributed by atoms with Gasteiger partial charge in [0.1, 0.15) is 16.3 Å². The molecule has 2 aromatic rings. The van der Waals surface area contributed by atoms with E-state index >= 15 is 0 Å². The molecule has 0 aromatic heterocycles. The second-order valence-corrected chi connectivity index (χ2v) is 5.88. The monoisotopic (exact) mass is 292 g/mol. The number of hydrogen-bond acceptors (Lipinski definition) is 4. The van der Waals surface area contributed by atoms with Gasteiger partial charge >= 0.3 is 0 Å². The van der Waals surface area contributed by atoms with Crippen LogP contribution in [0.4, 0.5) is 11.4 Å². The number of benzene rings is 2. The van der Waals surface area contributed by atoms with Crippen LogP contribution >= 0.6 is 11.5 Å². The molecule has 1 aliphatic carbocycles. The van der Waals surface area contributed by atoms with E-state index in [0.29, 0.717) is 0 Å². The zero-order chi connectivity index (χ0) is 14.2. The Morgan fingerprint density at radius 1 is 0.905 bits per heavy atom. The largest absolute Gasteiger partial charge is 0.221 e. The SMILES string of the molecule is Cn1nc2c3ccccc3c(N=Nc3ccccc3)c-2s1. The Bertz CT molecular complexity index is 905. The summed E-state index contributed by atoms with van der Waals surface area (Å²) in [5.74, 6) is 0. The maximum Gasteiger partial charge on any atom is 0.115 e. The van der Waals surface area contributed by atoms with Crippen molar-refractivity contribution in [3.05, 3.63) is 54.6 Å². The predicted molar refractivity (Wildman–Crippen MR) is 85.8 cm³/mol. The summed E-state index contributed by atoms with van der Waals surface area (Å²) in [5.41, 5.74) is 2.76. The number of aryl methyl sites for hydroxylation is 1. The molecule has 0 amide bonds. The minimum atomic E-state index is 0.852. The summed E-state index contributed by atoms with van der Waals surface area (Å²) in [6, 6.07) is 18.0. The van der Waals surface area contributed by atoms with E-state index in [4.69, 9.17) is 0 Å². The topological polar surface area (TPSA) is 42.5 Å². The average molecular weight is 292 g/mol. The first-order valence-electron chi connectivity index (χ1n) is 6.64. The van der Waals surface area contributed by atoms with Crippen molar-refractivity contribution in [1.29, 1.82) is 0 Å². The molecule has 4 rings (SSSR count). The Kier molecular flexibility index (Phi) is 2.79. The summed E-state index contributed by atoms with van der Waals surface area (Å²) < 4.78 is 1.86. The molecule has 0 atom stereocenters. The van der Waals surface area contributed by atoms with Crippen molar-refractivity contribution in [2.75, 3.05) is 0 Å². The number of hydrogen-bond donors (Lipinski definition) is 0. The van der Waals surface area contributed by atoms with Crippen LogP contribution in [0.25, 0.3) is 21.3 Å². The number of aromatic nitrogens is 2. The molecule has 0 N–H and O–H groups in total. The highest BCUT2D eigenvalue weighted by Crippen LogP contribution is 2.46. The van der Waals surface area contributed by atoms with Crippen LogP contribution in [-0.2, 0) is 7.05 Å². The summed E-state index contributed by atoms with van der Waals surface area (Å²) in [4.78, 5) is 1.08. The summed E-state index contributed by atoms with van der Waals surface area (Å²) in [5, 5.41) is 15.6. The number of azo groups is 1. The van der Waals surface area contributed by atoms with Crippen molar-refractivity contribution >= 4 is 33.7 Å². The van der Waals surface area contributed by atoms with Gasteiger partial charge in [-0.15, -0.1) is 5.11 Å². The summed E-state index contributed by atoms with van der Waals surface area (Å²) in [6.07, 6.45) is 0. The molecule has 0 saturated heterocycles. The van der Waals surface area contributed by atoms with Gasteiger partial charge in [0.2, 0.25) is 0 Å². The fraction of sp³-hybridized carbons (Fsp3) is 0.0625. The third kappa shape index (κ3) is 2.02. The first-order chi connectivity index (χ1) is 10.3. The lowest BCUT2D eigenvalue weighted by atomic mass is 10.2. The zero-order valence-electron chi connectivity index (χ0n) is 11.4. The standard InChI is InChI=1S/C16H12N4S/c1-20-19-15-13-10-6-5-9-12(13)14(16(15)21-20)18-17-11-7-3-2-4-8-11/h2-10H,1H3. The minimum Gasteiger partial charge on any atom is -0.221 e. The van der Waals surface area contributed by atoms with Crippen molar-refractivity contribution in [3.63, 3.8) is 0 Å². The van der Waals surface area contributed by atoms with Crippen molar-refractivity contribution in [2.24, 2.45) is 17.3 Å². The van der Waals surface area contributed by atoms with Crippen LogP contribution in [0.1, 0.15) is 0 Å². The highest BCUT2D eigenvalue weighted by molar-refractivity contribution is 7.11. The number of fused-ring (bicyclic) bond motifs is 3. The van der Waals surface area contributed by atoms with Gasteiger partial charge in [0.05, 0.1) is 5.69 Å². The molecule has 21 heavy (non-hydrogen) atoms. The van der Waals surface area contributed by atoms with Crippen molar-refractivity contribution in [2.45, 2.75) is 0 Å². The number of nitrogens with zero attached hydrogens (tertiary/aromatic N) is 4. The molecule has 102 valence electrons. The summed E-state index contributed by atoms with van der Waals surface area (Å²) in [7, 11) is 1.94. The Balaban J connectivity index is 1.92. The molecular weight excluding hydrogens is 280 g/mol. The van der Waals surface area contributed by atoms with Gasteiger partial charge in [-0.25, -0.2) is 4.07 Å². The van der Waals surface area contributed by atoms with Crippen LogP contribution in [0.2, 0.25) is 0 Å². The fourth-order valence-electron chi connectivity index (χ4n) is 2.43. The smallest absolute Gasteiger partial charge is 0.115 e. The van der Waals surface area contributed by atoms with Crippen LogP contribution in [-0.4, -0.2) is 9.17 Å². The van der Waals surface area contributed by atoms with E-state index in [1.165, 1.54) is 0 Å². The Hall–Kier alpha value is -2.53. The lowest BCUT2D eigenvalue weighted by Crippen LogP contribution is -1.83. The highest BCUT2D eigenvalue weighted by atomic mass is 32.1. The van der Waals surface area contributed by atoms with Gasteiger partial charge in [-0.1, -0.05) is 42.5 Å². The molecule has 0 spiro atoms. The van der Waals surface area contributed by atoms with Crippen LogP contribution in [0.5, 0.6) is 0 Å². The van der Waals surface area contributed by atoms with Crippen LogP contribution < -0.4 is 0 Å². The number of rotatable bonds is 2. The van der Waals surface area contributed by atoms with Gasteiger partial charge in [-0.2, -0.15) is 10.2 Å². The van der Waals surface area contributed by atoms with Crippen molar-refractivity contribution in [3.8, 4) is 10.6 Å². The molecule has 0 bridgehead atoms. The Morgan fingerprint density at radius 2 is 1.62 bits per heavy atom. The van der Waals surface area contributed by atoms with Gasteiger partial charge in [-0.05, 0) is 23.7 Å². The molecule has 4 nitrogen and oxygen atoms in total. The second kappa shape index (κ2) is 4.79. The van der Waals surface area contributed by atoms with Gasteiger partial charge in [-0.3, -0.25) is 0 Å². The van der Waals surface area contributed by atoms with Gasteiger partial charge < -0.3 is 0 Å². The first-order valence-corrected chi connectivity index (χ1v) is 7.42. The molecule has 1 aliphatic heterocycles.